The quantitative estimate of drug-likeness (QED) is 0.727. The van der Waals surface area contributed by atoms with E-state index in [1.165, 1.54) is 5.56 Å². The number of nitrogens with one attached hydrogen (secondary N) is 1. The van der Waals surface area contributed by atoms with Crippen LogP contribution in [0.25, 0.3) is 0 Å². The minimum atomic E-state index is -0.579. The fraction of sp³-hybridized carbons (Fsp3) is 0.292. The van der Waals surface area contributed by atoms with Gasteiger partial charge in [-0.1, -0.05) is 60.6 Å². The van der Waals surface area contributed by atoms with Crippen molar-refractivity contribution >= 4 is 17.5 Å². The SMILES string of the molecule is CC1C2c3ccccc3N(C)C(=O)[C@@H](NC(=O)c3cc(Cc4ccccc4)on3)C12. The molecule has 1 N–H and O–H groups in total. The zero-order valence-corrected chi connectivity index (χ0v) is 16.9. The molecule has 5 rings (SSSR count). The van der Waals surface area contributed by atoms with E-state index >= 15 is 0 Å². The third-order valence-electron chi connectivity index (χ3n) is 6.39. The summed E-state index contributed by atoms with van der Waals surface area (Å²) in [6.45, 7) is 2.14. The first-order valence-corrected chi connectivity index (χ1v) is 10.2. The first-order valence-electron chi connectivity index (χ1n) is 10.2. The normalized spacial score (nSPS) is 24.6. The summed E-state index contributed by atoms with van der Waals surface area (Å²) in [5.41, 5.74) is 3.37. The molecule has 1 aliphatic carbocycles. The summed E-state index contributed by atoms with van der Waals surface area (Å²) in [5.74, 6) is 0.824. The van der Waals surface area contributed by atoms with E-state index in [9.17, 15) is 9.59 Å². The highest BCUT2D eigenvalue weighted by Crippen LogP contribution is 2.59. The molecule has 3 aromatic rings. The number of rotatable bonds is 4. The molecule has 0 bridgehead atoms. The molecule has 6 nitrogen and oxygen atoms in total. The Bertz CT molecular complexity index is 1110. The number of carbonyl (C=O) groups excluding carboxylic acids is 2. The number of hydrogen-bond acceptors (Lipinski definition) is 4. The molecular formula is C24H23N3O3. The van der Waals surface area contributed by atoms with Gasteiger partial charge in [-0.25, -0.2) is 0 Å². The fourth-order valence-corrected chi connectivity index (χ4v) is 4.74. The first-order chi connectivity index (χ1) is 14.5. The van der Waals surface area contributed by atoms with Gasteiger partial charge in [0.15, 0.2) is 5.69 Å². The molecule has 6 heteroatoms. The number of aromatic nitrogens is 1. The summed E-state index contributed by atoms with van der Waals surface area (Å²) in [6, 6.07) is 18.9. The van der Waals surface area contributed by atoms with Gasteiger partial charge in [-0.05, 0) is 34.9 Å². The molecule has 2 amide bonds. The van der Waals surface area contributed by atoms with Gasteiger partial charge in [0, 0.05) is 25.2 Å². The number of anilines is 1. The van der Waals surface area contributed by atoms with Crippen LogP contribution in [0, 0.1) is 11.8 Å². The molecule has 0 radical (unpaired) electrons. The standard InChI is InChI=1S/C24H23N3O3/c1-14-20-17-10-6-7-11-19(17)27(2)24(29)22(21(14)20)25-23(28)18-13-16(30-26-18)12-15-8-4-3-5-9-15/h3-11,13-14,20-22H,12H2,1-2H3,(H,25,28)/t14?,20?,21?,22-/m0/s1. The van der Waals surface area contributed by atoms with Crippen LogP contribution in [0.15, 0.2) is 65.2 Å². The van der Waals surface area contributed by atoms with Gasteiger partial charge in [-0.2, -0.15) is 0 Å². The number of likely N-dealkylation sites (N-methyl/N-ethyl adjacent to an activating group) is 1. The Morgan fingerprint density at radius 3 is 2.67 bits per heavy atom. The van der Waals surface area contributed by atoms with Gasteiger partial charge in [0.2, 0.25) is 5.91 Å². The first kappa shape index (κ1) is 18.6. The van der Waals surface area contributed by atoms with E-state index in [1.54, 1.807) is 18.0 Å². The summed E-state index contributed by atoms with van der Waals surface area (Å²) < 4.78 is 5.35. The van der Waals surface area contributed by atoms with Crippen LogP contribution < -0.4 is 10.2 Å². The maximum absolute atomic E-state index is 13.2. The average molecular weight is 401 g/mol. The van der Waals surface area contributed by atoms with Crippen molar-refractivity contribution in [3.05, 3.63) is 83.2 Å². The van der Waals surface area contributed by atoms with Gasteiger partial charge in [0.1, 0.15) is 11.8 Å². The van der Waals surface area contributed by atoms with Crippen molar-refractivity contribution in [3.8, 4) is 0 Å². The summed E-state index contributed by atoms with van der Waals surface area (Å²) >= 11 is 0. The molecule has 30 heavy (non-hydrogen) atoms. The molecule has 0 saturated heterocycles. The third-order valence-corrected chi connectivity index (χ3v) is 6.39. The van der Waals surface area contributed by atoms with Gasteiger partial charge in [0.05, 0.1) is 0 Å². The van der Waals surface area contributed by atoms with E-state index in [-0.39, 0.29) is 29.3 Å². The minimum Gasteiger partial charge on any atom is -0.360 e. The van der Waals surface area contributed by atoms with E-state index in [0.717, 1.165) is 11.3 Å². The number of carbonyl (C=O) groups is 2. The van der Waals surface area contributed by atoms with Crippen LogP contribution >= 0.6 is 0 Å². The van der Waals surface area contributed by atoms with Gasteiger partial charge in [-0.3, -0.25) is 9.59 Å². The molecule has 1 saturated carbocycles. The zero-order chi connectivity index (χ0) is 20.8. The zero-order valence-electron chi connectivity index (χ0n) is 16.9. The van der Waals surface area contributed by atoms with E-state index in [4.69, 9.17) is 4.52 Å². The maximum Gasteiger partial charge on any atom is 0.274 e. The van der Waals surface area contributed by atoms with Crippen molar-refractivity contribution in [2.45, 2.75) is 25.3 Å². The average Bonchev–Trinajstić information content (AvgIpc) is 3.21. The fourth-order valence-electron chi connectivity index (χ4n) is 4.74. The van der Waals surface area contributed by atoms with Crippen molar-refractivity contribution in [1.29, 1.82) is 0 Å². The van der Waals surface area contributed by atoms with E-state index in [2.05, 4.69) is 23.5 Å². The Hall–Kier alpha value is -3.41. The Kier molecular flexibility index (Phi) is 4.42. The Morgan fingerprint density at radius 1 is 1.13 bits per heavy atom. The van der Waals surface area contributed by atoms with Crippen molar-refractivity contribution in [1.82, 2.24) is 10.5 Å². The molecule has 2 heterocycles. The molecular weight excluding hydrogens is 378 g/mol. The van der Waals surface area contributed by atoms with Crippen LogP contribution in [0.5, 0.6) is 0 Å². The molecule has 4 atom stereocenters. The van der Waals surface area contributed by atoms with Gasteiger partial charge >= 0.3 is 0 Å². The number of nitrogens with zero attached hydrogens (tertiary/aromatic N) is 2. The number of hydrogen-bond donors (Lipinski definition) is 1. The smallest absolute Gasteiger partial charge is 0.274 e. The van der Waals surface area contributed by atoms with Gasteiger partial charge in [-0.15, -0.1) is 0 Å². The predicted octanol–water partition coefficient (Wildman–Crippen LogP) is 3.39. The molecule has 0 spiro atoms. The van der Waals surface area contributed by atoms with Crippen molar-refractivity contribution in [3.63, 3.8) is 0 Å². The van der Waals surface area contributed by atoms with Crippen LogP contribution in [0.1, 0.15) is 40.2 Å². The van der Waals surface area contributed by atoms with Crippen LogP contribution in [-0.2, 0) is 11.2 Å². The molecule has 2 aliphatic rings. The Labute approximate surface area is 174 Å². The lowest BCUT2D eigenvalue weighted by atomic mass is 10.1. The Morgan fingerprint density at radius 2 is 1.87 bits per heavy atom. The second kappa shape index (κ2) is 7.13. The summed E-state index contributed by atoms with van der Waals surface area (Å²) in [7, 11) is 1.77. The van der Waals surface area contributed by atoms with Crippen molar-refractivity contribution in [2.24, 2.45) is 11.8 Å². The van der Waals surface area contributed by atoms with E-state index in [0.29, 0.717) is 18.1 Å². The maximum atomic E-state index is 13.2. The van der Waals surface area contributed by atoms with Crippen LogP contribution in [0.3, 0.4) is 0 Å². The van der Waals surface area contributed by atoms with Gasteiger partial charge in [0.25, 0.3) is 5.91 Å². The highest BCUT2D eigenvalue weighted by molar-refractivity contribution is 6.03. The van der Waals surface area contributed by atoms with E-state index in [1.807, 2.05) is 48.5 Å². The summed E-state index contributed by atoms with van der Waals surface area (Å²) in [4.78, 5) is 27.7. The molecule has 2 aromatic carbocycles. The van der Waals surface area contributed by atoms with Crippen LogP contribution in [-0.4, -0.2) is 30.1 Å². The lowest BCUT2D eigenvalue weighted by Gasteiger charge is -2.24. The highest BCUT2D eigenvalue weighted by Gasteiger charge is 2.57. The van der Waals surface area contributed by atoms with Crippen LogP contribution in [0.2, 0.25) is 0 Å². The summed E-state index contributed by atoms with van der Waals surface area (Å²) in [5, 5.41) is 6.87. The minimum absolute atomic E-state index is 0.0863. The molecule has 1 aliphatic heterocycles. The van der Waals surface area contributed by atoms with Crippen molar-refractivity contribution in [2.75, 3.05) is 11.9 Å². The summed E-state index contributed by atoms with van der Waals surface area (Å²) in [6.07, 6.45) is 0.559. The molecule has 3 unspecified atom stereocenters. The monoisotopic (exact) mass is 401 g/mol. The number of fused-ring (bicyclic) bond motifs is 3. The largest absolute Gasteiger partial charge is 0.360 e. The lowest BCUT2D eigenvalue weighted by molar-refractivity contribution is -0.120. The molecule has 152 valence electrons. The second-order valence-electron chi connectivity index (χ2n) is 8.21. The molecule has 1 aromatic heterocycles. The number of amides is 2. The van der Waals surface area contributed by atoms with Crippen LogP contribution in [0.4, 0.5) is 5.69 Å². The highest BCUT2D eigenvalue weighted by atomic mass is 16.5. The number of benzene rings is 2. The topological polar surface area (TPSA) is 75.4 Å². The Balaban J connectivity index is 1.35. The lowest BCUT2D eigenvalue weighted by Crippen LogP contribution is -2.48. The van der Waals surface area contributed by atoms with Gasteiger partial charge < -0.3 is 14.7 Å². The predicted molar refractivity (Wildman–Crippen MR) is 112 cm³/mol. The second-order valence-corrected chi connectivity index (χ2v) is 8.21. The third kappa shape index (κ3) is 3.09. The van der Waals surface area contributed by atoms with Crippen molar-refractivity contribution < 1.29 is 14.1 Å². The molecule has 1 fully saturated rings. The van der Waals surface area contributed by atoms with E-state index < -0.39 is 6.04 Å². The number of para-hydroxylation sites is 1.